The highest BCUT2D eigenvalue weighted by Gasteiger charge is 2.49. The van der Waals surface area contributed by atoms with Crippen LogP contribution in [0, 0.1) is 11.3 Å². The molecular weight excluding hydrogens is 540 g/mol. The van der Waals surface area contributed by atoms with Gasteiger partial charge in [0, 0.05) is 31.3 Å². The number of rotatable bonds is 6. The molecule has 232 valence electrons. The van der Waals surface area contributed by atoms with Crippen molar-refractivity contribution in [3.63, 3.8) is 0 Å². The highest BCUT2D eigenvalue weighted by Crippen LogP contribution is 2.41. The van der Waals surface area contributed by atoms with E-state index in [1.54, 1.807) is 24.3 Å². The average molecular weight is 587 g/mol. The maximum Gasteiger partial charge on any atom is 0.332 e. The number of carboxylic acids is 1. The van der Waals surface area contributed by atoms with Gasteiger partial charge in [0.15, 0.2) is 6.10 Å². The zero-order chi connectivity index (χ0) is 30.7. The van der Waals surface area contributed by atoms with E-state index in [4.69, 9.17) is 19.3 Å². The molecule has 3 aliphatic heterocycles. The fourth-order valence-electron chi connectivity index (χ4n) is 5.44. The van der Waals surface area contributed by atoms with E-state index in [1.165, 1.54) is 6.08 Å². The second-order valence-electron chi connectivity index (χ2n) is 11.7. The minimum Gasteiger partial charge on any atom is -0.479 e. The molecule has 3 aliphatic rings. The molecule has 9 nitrogen and oxygen atoms in total. The van der Waals surface area contributed by atoms with Gasteiger partial charge in [-0.15, -0.1) is 0 Å². The minimum atomic E-state index is -1.49. The molecular formula is C33H46O9. The largest absolute Gasteiger partial charge is 0.479 e. The van der Waals surface area contributed by atoms with E-state index < -0.39 is 41.8 Å². The third-order valence-corrected chi connectivity index (χ3v) is 8.31. The summed E-state index contributed by atoms with van der Waals surface area (Å²) in [5.74, 6) is -1.86. The molecule has 9 atom stereocenters. The summed E-state index contributed by atoms with van der Waals surface area (Å²) >= 11 is 0. The van der Waals surface area contributed by atoms with Gasteiger partial charge in [-0.3, -0.25) is 0 Å². The molecule has 4 bridgehead atoms. The third-order valence-electron chi connectivity index (χ3n) is 8.31. The summed E-state index contributed by atoms with van der Waals surface area (Å²) < 4.78 is 18.5. The standard InChI is InChI=1S/C33H46O9/c1-22-12-6-4-7-14-25-20-30(33(3,21-34)29(41-25)16-11-10-15-26(35)32(38)39)42-31(37)17-9-5-8-13-24-19-27(36)23(2)28(18-22)40-24/h5-12,14,17-18,23-30,34-36H,4,13,15-16,19-21H2,1-3H3,(H,38,39)/b8-5+,11-10-,12-6?,14-7+,17-9-,22-18?/t23-,24+,25-,26-,27+,28-,29+,30-,33+/m1/s1. The van der Waals surface area contributed by atoms with Crippen LogP contribution in [-0.2, 0) is 23.8 Å². The fourth-order valence-corrected chi connectivity index (χ4v) is 5.44. The molecule has 3 heterocycles. The van der Waals surface area contributed by atoms with Gasteiger partial charge in [-0.25, -0.2) is 9.59 Å². The van der Waals surface area contributed by atoms with Crippen molar-refractivity contribution in [3.8, 4) is 0 Å². The Morgan fingerprint density at radius 1 is 1.14 bits per heavy atom. The molecule has 0 aliphatic carbocycles. The molecule has 0 aromatic carbocycles. The van der Waals surface area contributed by atoms with Crippen LogP contribution in [0.3, 0.4) is 0 Å². The van der Waals surface area contributed by atoms with Crippen molar-refractivity contribution in [2.75, 3.05) is 6.61 Å². The van der Waals surface area contributed by atoms with Gasteiger partial charge >= 0.3 is 11.9 Å². The second-order valence-corrected chi connectivity index (χ2v) is 11.7. The Bertz CT molecular complexity index is 1090. The molecule has 0 unspecified atom stereocenters. The summed E-state index contributed by atoms with van der Waals surface area (Å²) in [4.78, 5) is 23.7. The van der Waals surface area contributed by atoms with E-state index >= 15 is 0 Å². The number of ether oxygens (including phenoxy) is 3. The number of carboxylic acid groups (broad SMARTS) is 1. The molecule has 2 saturated heterocycles. The number of aliphatic hydroxyl groups excluding tert-OH is 3. The number of carbonyl (C=O) groups excluding carboxylic acids is 1. The number of fused-ring (bicyclic) bond motifs is 4. The van der Waals surface area contributed by atoms with Gasteiger partial charge in [0.2, 0.25) is 0 Å². The Kier molecular flexibility index (Phi) is 12.9. The number of hydrogen-bond donors (Lipinski definition) is 4. The van der Waals surface area contributed by atoms with Crippen LogP contribution in [-0.4, -0.2) is 81.7 Å². The molecule has 0 aromatic heterocycles. The Morgan fingerprint density at radius 3 is 2.67 bits per heavy atom. The van der Waals surface area contributed by atoms with E-state index in [0.29, 0.717) is 32.1 Å². The van der Waals surface area contributed by atoms with E-state index in [-0.39, 0.29) is 37.3 Å². The van der Waals surface area contributed by atoms with Crippen molar-refractivity contribution >= 4 is 11.9 Å². The van der Waals surface area contributed by atoms with Crippen molar-refractivity contribution in [2.45, 2.75) is 102 Å². The van der Waals surface area contributed by atoms with Crippen molar-refractivity contribution < 1.29 is 44.2 Å². The Balaban J connectivity index is 1.82. The highest BCUT2D eigenvalue weighted by atomic mass is 16.6. The first kappa shape index (κ1) is 33.7. The number of hydrogen-bond acceptors (Lipinski definition) is 8. The molecule has 2 fully saturated rings. The maximum atomic E-state index is 12.8. The molecule has 0 amide bonds. The zero-order valence-corrected chi connectivity index (χ0v) is 24.7. The van der Waals surface area contributed by atoms with Crippen LogP contribution >= 0.6 is 0 Å². The van der Waals surface area contributed by atoms with Crippen LogP contribution in [0.5, 0.6) is 0 Å². The van der Waals surface area contributed by atoms with Crippen molar-refractivity contribution in [1.82, 2.24) is 0 Å². The fraction of sp³-hybridized carbons (Fsp3) is 0.576. The van der Waals surface area contributed by atoms with Crippen LogP contribution in [0.15, 0.2) is 72.4 Å². The summed E-state index contributed by atoms with van der Waals surface area (Å²) in [6, 6.07) is 0. The molecule has 9 heteroatoms. The van der Waals surface area contributed by atoms with E-state index in [2.05, 4.69) is 6.08 Å². The van der Waals surface area contributed by atoms with Gasteiger partial charge < -0.3 is 34.6 Å². The van der Waals surface area contributed by atoms with Crippen molar-refractivity contribution in [3.05, 3.63) is 72.4 Å². The first-order valence-corrected chi connectivity index (χ1v) is 14.7. The molecule has 3 rings (SSSR count). The molecule has 0 spiro atoms. The SMILES string of the molecule is CC1=C[C@H]2O[C@@H](C/C=C/C=C\C(=O)O[C@@H]3C[C@@H](/C=C/CC=C1)O[C@@H](C/C=C\C[C@@H](O)C(=O)O)[C@]3(C)CO)C[C@H](O)[C@H]2C. The maximum absolute atomic E-state index is 12.8. The number of carbonyl (C=O) groups is 2. The minimum absolute atomic E-state index is 0.0213. The van der Waals surface area contributed by atoms with Crippen LogP contribution in [0.2, 0.25) is 0 Å². The first-order chi connectivity index (χ1) is 20.0. The van der Waals surface area contributed by atoms with Gasteiger partial charge in [-0.1, -0.05) is 80.2 Å². The molecule has 0 radical (unpaired) electrons. The Labute approximate surface area is 248 Å². The summed E-state index contributed by atoms with van der Waals surface area (Å²) in [7, 11) is 0. The Morgan fingerprint density at radius 2 is 1.93 bits per heavy atom. The highest BCUT2D eigenvalue weighted by molar-refractivity contribution is 5.82. The number of esters is 1. The molecule has 0 saturated carbocycles. The van der Waals surface area contributed by atoms with Gasteiger partial charge in [-0.2, -0.15) is 0 Å². The summed E-state index contributed by atoms with van der Waals surface area (Å²) in [6.45, 7) is 5.52. The molecule has 0 aromatic rings. The molecule has 42 heavy (non-hydrogen) atoms. The lowest BCUT2D eigenvalue weighted by atomic mass is 9.73. The topological polar surface area (TPSA) is 143 Å². The third kappa shape index (κ3) is 9.61. The van der Waals surface area contributed by atoms with E-state index in [1.807, 2.05) is 51.2 Å². The average Bonchev–Trinajstić information content (AvgIpc) is 2.94. The zero-order valence-electron chi connectivity index (χ0n) is 24.7. The van der Waals surface area contributed by atoms with Crippen molar-refractivity contribution in [2.24, 2.45) is 11.3 Å². The second kappa shape index (κ2) is 16.1. The number of aliphatic carboxylic acids is 1. The Hall–Kier alpha value is -2.82. The quantitative estimate of drug-likeness (QED) is 0.269. The predicted octanol–water partition coefficient (Wildman–Crippen LogP) is 3.96. The summed E-state index contributed by atoms with van der Waals surface area (Å²) in [6.07, 6.45) is 18.5. The lowest BCUT2D eigenvalue weighted by Crippen LogP contribution is -2.55. The van der Waals surface area contributed by atoms with Crippen LogP contribution < -0.4 is 0 Å². The van der Waals surface area contributed by atoms with Gasteiger partial charge in [0.1, 0.15) is 6.10 Å². The first-order valence-electron chi connectivity index (χ1n) is 14.7. The van der Waals surface area contributed by atoms with Crippen LogP contribution in [0.25, 0.3) is 0 Å². The number of allylic oxidation sites excluding steroid dienone is 6. The predicted molar refractivity (Wildman–Crippen MR) is 158 cm³/mol. The number of aliphatic hydroxyl groups is 3. The summed E-state index contributed by atoms with van der Waals surface area (Å²) in [5, 5.41) is 39.4. The van der Waals surface area contributed by atoms with Gasteiger partial charge in [0.25, 0.3) is 0 Å². The van der Waals surface area contributed by atoms with Crippen LogP contribution in [0.1, 0.15) is 59.3 Å². The van der Waals surface area contributed by atoms with Crippen LogP contribution in [0.4, 0.5) is 0 Å². The normalized spacial score (nSPS) is 37.7. The molecule has 4 N–H and O–H groups in total. The van der Waals surface area contributed by atoms with Gasteiger partial charge in [-0.05, 0) is 26.2 Å². The van der Waals surface area contributed by atoms with E-state index in [0.717, 1.165) is 5.57 Å². The smallest absolute Gasteiger partial charge is 0.332 e. The monoisotopic (exact) mass is 586 g/mol. The lowest BCUT2D eigenvalue weighted by molar-refractivity contribution is -0.198. The lowest BCUT2D eigenvalue weighted by Gasteiger charge is -2.47. The van der Waals surface area contributed by atoms with Gasteiger partial charge in [0.05, 0.1) is 42.5 Å². The van der Waals surface area contributed by atoms with E-state index in [9.17, 15) is 24.9 Å². The summed E-state index contributed by atoms with van der Waals surface area (Å²) in [5.41, 5.74) is 0.130. The van der Waals surface area contributed by atoms with Crippen molar-refractivity contribution in [1.29, 1.82) is 0 Å².